The molecule has 0 amide bonds. The Morgan fingerprint density at radius 1 is 0.902 bits per heavy atom. The molecule has 1 heterocycles. The van der Waals surface area contributed by atoms with Crippen LogP contribution >= 0.6 is 0 Å². The molecule has 2 aliphatic carbocycles. The van der Waals surface area contributed by atoms with E-state index in [0.29, 0.717) is 11.3 Å². The van der Waals surface area contributed by atoms with Crippen molar-refractivity contribution < 1.29 is 30.0 Å². The number of ketones is 1. The van der Waals surface area contributed by atoms with Crippen molar-refractivity contribution >= 4 is 27.3 Å². The fourth-order valence-corrected chi connectivity index (χ4v) is 7.28. The average molecular weight is 725 g/mol. The van der Waals surface area contributed by atoms with Crippen molar-refractivity contribution in [1.29, 1.82) is 0 Å². The smallest absolute Gasteiger partial charge is 0.155 e. The Morgan fingerprint density at radius 3 is 2.22 bits per heavy atom. The molecular weight excluding hydrogens is 683 g/mol. The summed E-state index contributed by atoms with van der Waals surface area (Å²) in [6.07, 6.45) is 16.0. The number of pyridine rings is 1. The molecule has 0 saturated heterocycles. The SMILES string of the molecule is CC(=O)/C=C(/C)O.Cc1[c-]c(-c2nccc3c2ccc2c(C4CCC5(CCCCC5)CC4)cccc23)cc(C)c1.[Ir]. The molecule has 3 nitrogen and oxygen atoms in total. The molecule has 6 rings (SSSR count). The molecule has 0 unspecified atom stereocenters. The number of nitrogens with zero attached hydrogens (tertiary/aromatic N) is 1. The normalized spacial score (nSPS) is 17.1. The summed E-state index contributed by atoms with van der Waals surface area (Å²) >= 11 is 0. The van der Waals surface area contributed by atoms with Crippen LogP contribution in [0.3, 0.4) is 0 Å². The van der Waals surface area contributed by atoms with E-state index in [1.54, 1.807) is 5.56 Å². The summed E-state index contributed by atoms with van der Waals surface area (Å²) in [7, 11) is 0. The third-order valence-electron chi connectivity index (χ3n) is 9.05. The van der Waals surface area contributed by atoms with Crippen LogP contribution in [0.1, 0.15) is 94.2 Å². The van der Waals surface area contributed by atoms with E-state index in [0.717, 1.165) is 11.3 Å². The maximum absolute atomic E-state index is 10.0. The third kappa shape index (κ3) is 7.16. The van der Waals surface area contributed by atoms with Gasteiger partial charge in [0, 0.05) is 32.4 Å². The largest absolute Gasteiger partial charge is 0.512 e. The number of aryl methyl sites for hydroxylation is 2. The van der Waals surface area contributed by atoms with Crippen LogP contribution in [-0.2, 0) is 24.9 Å². The van der Waals surface area contributed by atoms with Crippen molar-refractivity contribution in [3.63, 3.8) is 0 Å². The van der Waals surface area contributed by atoms with E-state index in [-0.39, 0.29) is 31.6 Å². The number of rotatable bonds is 3. The van der Waals surface area contributed by atoms with Crippen LogP contribution in [-0.4, -0.2) is 15.9 Å². The second-order valence-corrected chi connectivity index (χ2v) is 12.2. The standard InChI is InChI=1S/C32H34N.C5H8O2.Ir/c1-22-19-23(2)21-25(20-22)31-30-10-9-28-26(7-6-8-27(28)29(30)13-18-33-31)24-11-16-32(17-12-24)14-4-3-5-15-32;1-4(6)3-5(2)7;/h6-10,13,18-20,24H,3-5,11-12,14-17H2,1-2H3;3,6H,1-2H3;/q-1;;/b;4-3-;. The van der Waals surface area contributed by atoms with Gasteiger partial charge >= 0.3 is 0 Å². The van der Waals surface area contributed by atoms with Crippen molar-refractivity contribution in [2.75, 3.05) is 0 Å². The Labute approximate surface area is 258 Å². The van der Waals surface area contributed by atoms with Gasteiger partial charge in [-0.15, -0.1) is 34.9 Å². The molecule has 1 aromatic heterocycles. The fourth-order valence-electron chi connectivity index (χ4n) is 7.28. The van der Waals surface area contributed by atoms with Crippen LogP contribution in [0, 0.1) is 25.3 Å². The van der Waals surface area contributed by atoms with Gasteiger partial charge in [0.25, 0.3) is 0 Å². The Balaban J connectivity index is 0.000000434. The van der Waals surface area contributed by atoms with Crippen LogP contribution in [0.5, 0.6) is 0 Å². The average Bonchev–Trinajstić information content (AvgIpc) is 2.92. The van der Waals surface area contributed by atoms with Gasteiger partial charge in [-0.05, 0) is 103 Å². The van der Waals surface area contributed by atoms with E-state index < -0.39 is 0 Å². The predicted molar refractivity (Wildman–Crippen MR) is 167 cm³/mol. The molecule has 2 fully saturated rings. The molecule has 4 heteroatoms. The van der Waals surface area contributed by atoms with Gasteiger partial charge in [-0.1, -0.05) is 63.4 Å². The number of fused-ring (bicyclic) bond motifs is 3. The fraction of sp³-hybridized carbons (Fsp3) is 0.405. The van der Waals surface area contributed by atoms with Gasteiger partial charge in [0.1, 0.15) is 0 Å². The number of aliphatic hydroxyl groups excluding tert-OH is 1. The zero-order valence-electron chi connectivity index (χ0n) is 24.9. The number of carbonyl (C=O) groups is 1. The molecule has 3 aromatic carbocycles. The number of hydrogen-bond donors (Lipinski definition) is 1. The molecule has 2 saturated carbocycles. The van der Waals surface area contributed by atoms with Crippen LogP contribution < -0.4 is 0 Å². The molecule has 0 aliphatic heterocycles. The van der Waals surface area contributed by atoms with E-state index in [4.69, 9.17) is 10.1 Å². The molecular formula is C37H42IrNO2-. The Bertz CT molecular complexity index is 1530. The van der Waals surface area contributed by atoms with Gasteiger partial charge in [-0.25, -0.2) is 0 Å². The van der Waals surface area contributed by atoms with E-state index in [1.165, 1.54) is 110 Å². The predicted octanol–water partition coefficient (Wildman–Crippen LogP) is 10.1. The Hall–Kier alpha value is -2.81. The summed E-state index contributed by atoms with van der Waals surface area (Å²) in [4.78, 5) is 14.8. The molecule has 41 heavy (non-hydrogen) atoms. The molecule has 1 spiro atoms. The molecule has 0 bridgehead atoms. The van der Waals surface area contributed by atoms with Gasteiger partial charge in [-0.2, -0.15) is 0 Å². The zero-order chi connectivity index (χ0) is 28.3. The first-order valence-corrected chi connectivity index (χ1v) is 14.9. The number of aromatic nitrogens is 1. The quantitative estimate of drug-likeness (QED) is 0.0991. The molecule has 217 valence electrons. The molecule has 1 N–H and O–H groups in total. The topological polar surface area (TPSA) is 50.2 Å². The van der Waals surface area contributed by atoms with Gasteiger partial charge < -0.3 is 10.1 Å². The number of aliphatic hydroxyl groups is 1. The van der Waals surface area contributed by atoms with E-state index in [2.05, 4.69) is 68.4 Å². The second kappa shape index (κ2) is 13.4. The zero-order valence-corrected chi connectivity index (χ0v) is 27.2. The first-order chi connectivity index (χ1) is 19.2. The Kier molecular flexibility index (Phi) is 10.2. The van der Waals surface area contributed by atoms with E-state index in [9.17, 15) is 4.79 Å². The minimum Gasteiger partial charge on any atom is -0.512 e. The molecule has 2 aliphatic rings. The van der Waals surface area contributed by atoms with E-state index in [1.807, 2.05) is 6.20 Å². The number of benzene rings is 3. The summed E-state index contributed by atoms with van der Waals surface area (Å²) in [5.74, 6) is 0.639. The van der Waals surface area contributed by atoms with Crippen molar-refractivity contribution in [3.8, 4) is 11.3 Å². The first kappa shape index (κ1) is 31.1. The van der Waals surface area contributed by atoms with Gasteiger partial charge in [-0.3, -0.25) is 4.79 Å². The van der Waals surface area contributed by atoms with Crippen LogP contribution in [0.2, 0.25) is 0 Å². The monoisotopic (exact) mass is 725 g/mol. The van der Waals surface area contributed by atoms with Crippen molar-refractivity contribution in [2.45, 2.75) is 91.4 Å². The van der Waals surface area contributed by atoms with Crippen molar-refractivity contribution in [1.82, 2.24) is 4.98 Å². The maximum atomic E-state index is 10.0. The summed E-state index contributed by atoms with van der Waals surface area (Å²) in [6, 6.07) is 21.8. The van der Waals surface area contributed by atoms with Gasteiger partial charge in [0.15, 0.2) is 5.78 Å². The first-order valence-electron chi connectivity index (χ1n) is 14.9. The van der Waals surface area contributed by atoms with Crippen LogP contribution in [0.4, 0.5) is 0 Å². The minimum atomic E-state index is -0.125. The second-order valence-electron chi connectivity index (χ2n) is 12.2. The summed E-state index contributed by atoms with van der Waals surface area (Å²) in [5.41, 5.74) is 6.81. The summed E-state index contributed by atoms with van der Waals surface area (Å²) < 4.78 is 0. The van der Waals surface area contributed by atoms with Crippen LogP contribution in [0.25, 0.3) is 32.8 Å². The Morgan fingerprint density at radius 2 is 1.59 bits per heavy atom. The summed E-state index contributed by atoms with van der Waals surface area (Å²) in [6.45, 7) is 7.12. The molecule has 4 aromatic rings. The molecule has 0 atom stereocenters. The van der Waals surface area contributed by atoms with Crippen LogP contribution in [0.15, 0.2) is 66.6 Å². The third-order valence-corrected chi connectivity index (χ3v) is 9.05. The maximum Gasteiger partial charge on any atom is 0.155 e. The van der Waals surface area contributed by atoms with Gasteiger partial charge in [0.05, 0.1) is 5.76 Å². The number of hydrogen-bond acceptors (Lipinski definition) is 3. The van der Waals surface area contributed by atoms with Gasteiger partial charge in [0.2, 0.25) is 0 Å². The van der Waals surface area contributed by atoms with Crippen molar-refractivity contribution in [3.05, 3.63) is 89.3 Å². The number of carbonyl (C=O) groups excluding carboxylic acids is 1. The summed E-state index contributed by atoms with van der Waals surface area (Å²) in [5, 5.41) is 13.7. The van der Waals surface area contributed by atoms with Crippen molar-refractivity contribution in [2.24, 2.45) is 5.41 Å². The number of allylic oxidation sites excluding steroid dienone is 2. The molecule has 1 radical (unpaired) electrons. The van der Waals surface area contributed by atoms with E-state index >= 15 is 0 Å². The minimum absolute atomic E-state index is 0.